The highest BCUT2D eigenvalue weighted by Crippen LogP contribution is 2.29. The summed E-state index contributed by atoms with van der Waals surface area (Å²) in [7, 11) is 1.65. The zero-order valence-electron chi connectivity index (χ0n) is 11.9. The molecule has 1 aromatic carbocycles. The van der Waals surface area contributed by atoms with Gasteiger partial charge >= 0.3 is 0 Å². The van der Waals surface area contributed by atoms with Gasteiger partial charge in [-0.1, -0.05) is 6.92 Å². The summed E-state index contributed by atoms with van der Waals surface area (Å²) < 4.78 is 6.13. The molecular weight excluding hydrogens is 318 g/mol. The quantitative estimate of drug-likeness (QED) is 0.895. The monoisotopic (exact) mass is 335 g/mol. The number of methoxy groups -OCH3 is 1. The molecule has 4 nitrogen and oxygen atoms in total. The third-order valence-electron chi connectivity index (χ3n) is 2.82. The summed E-state index contributed by atoms with van der Waals surface area (Å²) in [6.07, 6.45) is 1.06. The normalized spacial score (nSPS) is 10.4. The van der Waals surface area contributed by atoms with Crippen molar-refractivity contribution in [3.63, 3.8) is 0 Å². The highest BCUT2D eigenvalue weighted by molar-refractivity contribution is 9.10. The van der Waals surface area contributed by atoms with Crippen LogP contribution >= 0.6 is 15.9 Å². The third kappa shape index (κ3) is 3.48. The molecule has 0 fully saturated rings. The number of hydrogen-bond acceptors (Lipinski definition) is 4. The Bertz CT molecular complexity index is 602. The lowest BCUT2D eigenvalue weighted by molar-refractivity contribution is 0.412. The van der Waals surface area contributed by atoms with Crippen molar-refractivity contribution < 1.29 is 4.74 Å². The van der Waals surface area contributed by atoms with Gasteiger partial charge in [0.1, 0.15) is 11.6 Å². The minimum absolute atomic E-state index is 0.715. The molecule has 0 bridgehead atoms. The molecule has 1 heterocycles. The number of anilines is 1. The van der Waals surface area contributed by atoms with E-state index in [1.807, 2.05) is 31.2 Å². The van der Waals surface area contributed by atoms with Crippen molar-refractivity contribution in [3.05, 3.63) is 34.4 Å². The molecule has 1 aromatic heterocycles. The number of aromatic nitrogens is 2. The number of nitrogens with one attached hydrogen (secondary N) is 1. The van der Waals surface area contributed by atoms with Crippen LogP contribution in [0.15, 0.2) is 28.7 Å². The summed E-state index contributed by atoms with van der Waals surface area (Å²) in [5.74, 6) is 2.37. The van der Waals surface area contributed by atoms with E-state index >= 15 is 0 Å². The van der Waals surface area contributed by atoms with Crippen molar-refractivity contribution in [3.8, 4) is 17.1 Å². The maximum absolute atomic E-state index is 5.24. The fourth-order valence-electron chi connectivity index (χ4n) is 1.85. The minimum atomic E-state index is 0.715. The molecule has 0 radical (unpaired) electrons. The van der Waals surface area contributed by atoms with Crippen LogP contribution in [0.2, 0.25) is 0 Å². The smallest absolute Gasteiger partial charge is 0.161 e. The molecule has 2 aromatic rings. The van der Waals surface area contributed by atoms with E-state index in [-0.39, 0.29) is 0 Å². The molecule has 1 N–H and O–H groups in total. The van der Waals surface area contributed by atoms with Crippen molar-refractivity contribution in [1.29, 1.82) is 0 Å². The molecule has 5 heteroatoms. The molecule has 0 aliphatic rings. The van der Waals surface area contributed by atoms with Gasteiger partial charge in [0, 0.05) is 23.9 Å². The largest absolute Gasteiger partial charge is 0.496 e. The number of ether oxygens (including phenoxy) is 1. The molecule has 0 aliphatic carbocycles. The molecule has 0 aliphatic heterocycles. The summed E-state index contributed by atoms with van der Waals surface area (Å²) in [5, 5.41) is 3.29. The second kappa shape index (κ2) is 6.70. The number of rotatable bonds is 5. The fourth-order valence-corrected chi connectivity index (χ4v) is 2.39. The van der Waals surface area contributed by atoms with Gasteiger partial charge in [0.15, 0.2) is 5.82 Å². The van der Waals surface area contributed by atoms with E-state index in [4.69, 9.17) is 4.74 Å². The van der Waals surface area contributed by atoms with Crippen LogP contribution in [0, 0.1) is 6.92 Å². The van der Waals surface area contributed by atoms with Crippen LogP contribution in [0.3, 0.4) is 0 Å². The molecule has 0 saturated heterocycles. The lowest BCUT2D eigenvalue weighted by Crippen LogP contribution is -2.04. The lowest BCUT2D eigenvalue weighted by atomic mass is 10.2. The summed E-state index contributed by atoms with van der Waals surface area (Å²) in [4.78, 5) is 9.05. The van der Waals surface area contributed by atoms with Crippen molar-refractivity contribution in [1.82, 2.24) is 9.97 Å². The van der Waals surface area contributed by atoms with Gasteiger partial charge < -0.3 is 10.1 Å². The maximum atomic E-state index is 5.24. The van der Waals surface area contributed by atoms with E-state index in [0.29, 0.717) is 5.82 Å². The van der Waals surface area contributed by atoms with Gasteiger partial charge in [-0.25, -0.2) is 9.97 Å². The Morgan fingerprint density at radius 3 is 2.70 bits per heavy atom. The second-order valence-electron chi connectivity index (χ2n) is 4.49. The summed E-state index contributed by atoms with van der Waals surface area (Å²) in [5.41, 5.74) is 1.90. The second-order valence-corrected chi connectivity index (χ2v) is 5.35. The highest BCUT2D eigenvalue weighted by Gasteiger charge is 2.08. The standard InChI is InChI=1S/C15H18BrN3O/c1-4-7-17-14-8-10(2)18-15(19-14)11-5-6-13(20-3)12(16)9-11/h5-6,8-9H,4,7H2,1-3H3,(H,17,18,19). The van der Waals surface area contributed by atoms with Gasteiger partial charge in [-0.15, -0.1) is 0 Å². The molecule has 2 rings (SSSR count). The lowest BCUT2D eigenvalue weighted by Gasteiger charge is -2.09. The fraction of sp³-hybridized carbons (Fsp3) is 0.333. The van der Waals surface area contributed by atoms with Crippen LogP contribution in [0.4, 0.5) is 5.82 Å². The zero-order chi connectivity index (χ0) is 14.5. The number of halogens is 1. The predicted molar refractivity (Wildman–Crippen MR) is 85.2 cm³/mol. The first-order valence-corrected chi connectivity index (χ1v) is 7.36. The first kappa shape index (κ1) is 14.8. The van der Waals surface area contributed by atoms with E-state index in [1.54, 1.807) is 7.11 Å². The highest BCUT2D eigenvalue weighted by atomic mass is 79.9. The predicted octanol–water partition coefficient (Wildman–Crippen LogP) is 4.05. The third-order valence-corrected chi connectivity index (χ3v) is 3.44. The summed E-state index contributed by atoms with van der Waals surface area (Å²) in [6, 6.07) is 7.79. The van der Waals surface area contributed by atoms with E-state index in [1.165, 1.54) is 0 Å². The van der Waals surface area contributed by atoms with Gasteiger partial charge in [0.25, 0.3) is 0 Å². The first-order valence-electron chi connectivity index (χ1n) is 6.57. The molecule has 0 unspecified atom stereocenters. The maximum Gasteiger partial charge on any atom is 0.161 e. The average molecular weight is 336 g/mol. The number of aryl methyl sites for hydroxylation is 1. The first-order chi connectivity index (χ1) is 9.63. The molecule has 0 spiro atoms. The number of hydrogen-bond donors (Lipinski definition) is 1. The van der Waals surface area contributed by atoms with Gasteiger partial charge in [0.05, 0.1) is 11.6 Å². The van der Waals surface area contributed by atoms with Crippen molar-refractivity contribution in [2.24, 2.45) is 0 Å². The van der Waals surface area contributed by atoms with Crippen LogP contribution < -0.4 is 10.1 Å². The number of nitrogens with zero attached hydrogens (tertiary/aromatic N) is 2. The Morgan fingerprint density at radius 1 is 1.25 bits per heavy atom. The van der Waals surface area contributed by atoms with Crippen LogP contribution in [0.25, 0.3) is 11.4 Å². The van der Waals surface area contributed by atoms with Crippen molar-refractivity contribution >= 4 is 21.7 Å². The van der Waals surface area contributed by atoms with E-state index in [2.05, 4.69) is 38.1 Å². The van der Waals surface area contributed by atoms with Crippen LogP contribution in [-0.4, -0.2) is 23.6 Å². The Labute approximate surface area is 127 Å². The van der Waals surface area contributed by atoms with E-state index < -0.39 is 0 Å². The Hall–Kier alpha value is -1.62. The molecule has 20 heavy (non-hydrogen) atoms. The Kier molecular flexibility index (Phi) is 4.95. The van der Waals surface area contributed by atoms with E-state index in [0.717, 1.165) is 40.3 Å². The van der Waals surface area contributed by atoms with Gasteiger partial charge in [-0.3, -0.25) is 0 Å². The van der Waals surface area contributed by atoms with Crippen LogP contribution in [0.5, 0.6) is 5.75 Å². The van der Waals surface area contributed by atoms with Crippen molar-refractivity contribution in [2.45, 2.75) is 20.3 Å². The number of benzene rings is 1. The summed E-state index contributed by atoms with van der Waals surface area (Å²) in [6.45, 7) is 5.01. The van der Waals surface area contributed by atoms with Crippen LogP contribution in [-0.2, 0) is 0 Å². The van der Waals surface area contributed by atoms with Crippen molar-refractivity contribution in [2.75, 3.05) is 19.0 Å². The topological polar surface area (TPSA) is 47.0 Å². The van der Waals surface area contributed by atoms with E-state index in [9.17, 15) is 0 Å². The molecular formula is C15H18BrN3O. The molecule has 0 saturated carbocycles. The molecule has 0 amide bonds. The minimum Gasteiger partial charge on any atom is -0.496 e. The Morgan fingerprint density at radius 2 is 2.05 bits per heavy atom. The average Bonchev–Trinajstić information content (AvgIpc) is 2.44. The SMILES string of the molecule is CCCNc1cc(C)nc(-c2ccc(OC)c(Br)c2)n1. The van der Waals surface area contributed by atoms with Gasteiger partial charge in [0.2, 0.25) is 0 Å². The van der Waals surface area contributed by atoms with Crippen LogP contribution in [0.1, 0.15) is 19.0 Å². The molecule has 106 valence electrons. The summed E-state index contributed by atoms with van der Waals surface area (Å²) >= 11 is 3.49. The van der Waals surface area contributed by atoms with Gasteiger partial charge in [-0.2, -0.15) is 0 Å². The molecule has 0 atom stereocenters. The Balaban J connectivity index is 2.36. The zero-order valence-corrected chi connectivity index (χ0v) is 13.5. The van der Waals surface area contributed by atoms with Gasteiger partial charge in [-0.05, 0) is 47.5 Å².